The van der Waals surface area contributed by atoms with Crippen molar-refractivity contribution in [2.75, 3.05) is 13.1 Å². The molecule has 0 spiro atoms. The summed E-state index contributed by atoms with van der Waals surface area (Å²) in [6.45, 7) is 5.44. The van der Waals surface area contributed by atoms with Crippen LogP contribution in [0.25, 0.3) is 0 Å². The molecule has 0 fully saturated rings. The number of hydrogen-bond acceptors (Lipinski definition) is 3. The van der Waals surface area contributed by atoms with Crippen LogP contribution in [-0.2, 0) is 11.2 Å². The molecule has 4 heteroatoms. The van der Waals surface area contributed by atoms with Crippen LogP contribution >= 0.6 is 0 Å². The smallest absolute Gasteiger partial charge is 0.221 e. The maximum absolute atomic E-state index is 11.6. The molecule has 0 bridgehead atoms. The van der Waals surface area contributed by atoms with E-state index in [0.29, 0.717) is 19.0 Å². The Hall–Kier alpha value is -1.55. The van der Waals surface area contributed by atoms with Crippen molar-refractivity contribution in [3.63, 3.8) is 0 Å². The fraction of sp³-hybridized carbons (Fsp3) is 0.533. The predicted molar refractivity (Wildman–Crippen MR) is 75.3 cm³/mol. The number of fused-ring (bicyclic) bond motifs is 1. The van der Waals surface area contributed by atoms with Gasteiger partial charge in [0.1, 0.15) is 11.9 Å². The molecule has 1 heterocycles. The van der Waals surface area contributed by atoms with Gasteiger partial charge in [-0.15, -0.1) is 0 Å². The van der Waals surface area contributed by atoms with Gasteiger partial charge in [0.2, 0.25) is 5.91 Å². The van der Waals surface area contributed by atoms with Gasteiger partial charge in [-0.3, -0.25) is 4.79 Å². The Morgan fingerprint density at radius 3 is 2.95 bits per heavy atom. The number of rotatable bonds is 6. The second kappa shape index (κ2) is 6.57. The Balaban J connectivity index is 1.66. The molecule has 0 aliphatic carbocycles. The lowest BCUT2D eigenvalue weighted by Gasteiger charge is -2.12. The van der Waals surface area contributed by atoms with Gasteiger partial charge in [0, 0.05) is 25.4 Å². The zero-order chi connectivity index (χ0) is 13.7. The number of para-hydroxylation sites is 1. The molecule has 0 radical (unpaired) electrons. The van der Waals surface area contributed by atoms with Crippen molar-refractivity contribution in [2.45, 2.75) is 38.8 Å². The van der Waals surface area contributed by atoms with Crippen LogP contribution < -0.4 is 15.4 Å². The van der Waals surface area contributed by atoms with Crippen molar-refractivity contribution < 1.29 is 9.53 Å². The minimum Gasteiger partial charge on any atom is -0.488 e. The first-order chi connectivity index (χ1) is 9.15. The summed E-state index contributed by atoms with van der Waals surface area (Å²) in [6, 6.07) is 8.45. The molecule has 1 unspecified atom stereocenters. The first-order valence-electron chi connectivity index (χ1n) is 6.90. The van der Waals surface area contributed by atoms with E-state index in [1.165, 1.54) is 5.56 Å². The van der Waals surface area contributed by atoms with Gasteiger partial charge in [-0.25, -0.2) is 0 Å². The maximum atomic E-state index is 11.6. The highest BCUT2D eigenvalue weighted by molar-refractivity contribution is 5.76. The van der Waals surface area contributed by atoms with Gasteiger partial charge in [-0.1, -0.05) is 32.0 Å². The Bertz CT molecular complexity index is 407. The molecule has 0 saturated heterocycles. The quantitative estimate of drug-likeness (QED) is 0.816. The number of carbonyl (C=O) groups excluding carboxylic acids is 1. The zero-order valence-corrected chi connectivity index (χ0v) is 11.6. The van der Waals surface area contributed by atoms with Crippen LogP contribution in [0.1, 0.15) is 25.8 Å². The van der Waals surface area contributed by atoms with Crippen molar-refractivity contribution in [3.8, 4) is 5.75 Å². The average molecular weight is 262 g/mol. The summed E-state index contributed by atoms with van der Waals surface area (Å²) < 4.78 is 5.77. The molecule has 1 atom stereocenters. The number of carbonyl (C=O) groups is 1. The number of benzene rings is 1. The van der Waals surface area contributed by atoms with E-state index >= 15 is 0 Å². The van der Waals surface area contributed by atoms with Crippen molar-refractivity contribution in [1.82, 2.24) is 10.6 Å². The van der Waals surface area contributed by atoms with Crippen LogP contribution in [-0.4, -0.2) is 31.1 Å². The highest BCUT2D eigenvalue weighted by atomic mass is 16.5. The maximum Gasteiger partial charge on any atom is 0.221 e. The third-order valence-electron chi connectivity index (χ3n) is 3.15. The molecule has 1 aromatic rings. The van der Waals surface area contributed by atoms with Gasteiger partial charge in [-0.05, 0) is 11.6 Å². The lowest BCUT2D eigenvalue weighted by Crippen LogP contribution is -2.36. The summed E-state index contributed by atoms with van der Waals surface area (Å²) in [4.78, 5) is 11.6. The topological polar surface area (TPSA) is 50.4 Å². The van der Waals surface area contributed by atoms with E-state index < -0.39 is 0 Å². The second-order valence-corrected chi connectivity index (χ2v) is 5.21. The standard InChI is InChI=1S/C15H22N2O2/c1-11(2)16-8-7-15(18)17-10-13-9-12-5-3-4-6-14(12)19-13/h3-6,11,13,16H,7-10H2,1-2H3,(H,17,18). The molecule has 104 valence electrons. The van der Waals surface area contributed by atoms with Gasteiger partial charge in [-0.2, -0.15) is 0 Å². The first-order valence-corrected chi connectivity index (χ1v) is 6.90. The normalized spacial score (nSPS) is 17.1. The number of hydrogen-bond donors (Lipinski definition) is 2. The van der Waals surface area contributed by atoms with Crippen molar-refractivity contribution in [3.05, 3.63) is 29.8 Å². The van der Waals surface area contributed by atoms with E-state index in [0.717, 1.165) is 18.7 Å². The minimum absolute atomic E-state index is 0.0689. The fourth-order valence-corrected chi connectivity index (χ4v) is 2.16. The lowest BCUT2D eigenvalue weighted by atomic mass is 10.1. The summed E-state index contributed by atoms with van der Waals surface area (Å²) in [7, 11) is 0. The van der Waals surface area contributed by atoms with E-state index in [4.69, 9.17) is 4.74 Å². The number of ether oxygens (including phenoxy) is 1. The fourth-order valence-electron chi connectivity index (χ4n) is 2.16. The van der Waals surface area contributed by atoms with Gasteiger partial charge >= 0.3 is 0 Å². The van der Waals surface area contributed by atoms with Crippen LogP contribution in [0.2, 0.25) is 0 Å². The Kier molecular flexibility index (Phi) is 4.80. The van der Waals surface area contributed by atoms with E-state index in [-0.39, 0.29) is 12.0 Å². The molecule has 0 aromatic heterocycles. The number of nitrogens with one attached hydrogen (secondary N) is 2. The molecule has 2 rings (SSSR count). The first kappa shape index (κ1) is 13.9. The van der Waals surface area contributed by atoms with E-state index in [9.17, 15) is 4.79 Å². The predicted octanol–water partition coefficient (Wildman–Crippen LogP) is 1.49. The van der Waals surface area contributed by atoms with E-state index in [1.807, 2.05) is 18.2 Å². The monoisotopic (exact) mass is 262 g/mol. The summed E-state index contributed by atoms with van der Waals surface area (Å²) in [6.07, 6.45) is 1.46. The van der Waals surface area contributed by atoms with Crippen LogP contribution in [0.15, 0.2) is 24.3 Å². The lowest BCUT2D eigenvalue weighted by molar-refractivity contribution is -0.121. The van der Waals surface area contributed by atoms with Gasteiger partial charge in [0.05, 0.1) is 6.54 Å². The highest BCUT2D eigenvalue weighted by Gasteiger charge is 2.22. The minimum atomic E-state index is 0.0689. The van der Waals surface area contributed by atoms with Crippen molar-refractivity contribution in [2.24, 2.45) is 0 Å². The van der Waals surface area contributed by atoms with Crippen molar-refractivity contribution in [1.29, 1.82) is 0 Å². The van der Waals surface area contributed by atoms with Crippen LogP contribution in [0.4, 0.5) is 0 Å². The molecule has 1 amide bonds. The molecule has 4 nitrogen and oxygen atoms in total. The molecule has 1 aliphatic heterocycles. The summed E-state index contributed by atoms with van der Waals surface area (Å²) in [5, 5.41) is 6.16. The van der Waals surface area contributed by atoms with Crippen LogP contribution in [0.5, 0.6) is 5.75 Å². The third-order valence-corrected chi connectivity index (χ3v) is 3.15. The molecule has 19 heavy (non-hydrogen) atoms. The van der Waals surface area contributed by atoms with Crippen molar-refractivity contribution >= 4 is 5.91 Å². The molecule has 1 aliphatic rings. The molecular formula is C15H22N2O2. The Morgan fingerprint density at radius 1 is 1.42 bits per heavy atom. The third kappa shape index (κ3) is 4.24. The second-order valence-electron chi connectivity index (χ2n) is 5.21. The summed E-state index contributed by atoms with van der Waals surface area (Å²) >= 11 is 0. The highest BCUT2D eigenvalue weighted by Crippen LogP contribution is 2.27. The van der Waals surface area contributed by atoms with Crippen LogP contribution in [0.3, 0.4) is 0 Å². The largest absolute Gasteiger partial charge is 0.488 e. The Morgan fingerprint density at radius 2 is 2.21 bits per heavy atom. The molecule has 0 saturated carbocycles. The van der Waals surface area contributed by atoms with Gasteiger partial charge < -0.3 is 15.4 Å². The zero-order valence-electron chi connectivity index (χ0n) is 11.6. The molecule has 1 aromatic carbocycles. The van der Waals surface area contributed by atoms with Crippen LogP contribution in [0, 0.1) is 0 Å². The average Bonchev–Trinajstić information content (AvgIpc) is 2.78. The van der Waals surface area contributed by atoms with Gasteiger partial charge in [0.25, 0.3) is 0 Å². The number of amides is 1. The van der Waals surface area contributed by atoms with E-state index in [1.54, 1.807) is 0 Å². The SMILES string of the molecule is CC(C)NCCC(=O)NCC1Cc2ccccc2O1. The Labute approximate surface area is 114 Å². The van der Waals surface area contributed by atoms with E-state index in [2.05, 4.69) is 30.5 Å². The summed E-state index contributed by atoms with van der Waals surface area (Å²) in [5.41, 5.74) is 1.23. The molecular weight excluding hydrogens is 240 g/mol. The molecule has 2 N–H and O–H groups in total. The van der Waals surface area contributed by atoms with Gasteiger partial charge in [0.15, 0.2) is 0 Å². The summed E-state index contributed by atoms with van der Waals surface area (Å²) in [5.74, 6) is 1.02.